The number of hydrogen-bond acceptors (Lipinski definition) is 3. The molecule has 4 aliphatic rings. The summed E-state index contributed by atoms with van der Waals surface area (Å²) in [6.45, 7) is 2.48. The lowest BCUT2D eigenvalue weighted by molar-refractivity contribution is -0.0487. The maximum absolute atomic E-state index is 12.9. The molecule has 5 heteroatoms. The number of hydrogen-bond donors (Lipinski definition) is 1. The molecule has 0 aromatic heterocycles. The zero-order valence-electron chi connectivity index (χ0n) is 14.5. The van der Waals surface area contributed by atoms with Gasteiger partial charge in [-0.05, 0) is 86.3 Å². The number of rotatable bonds is 5. The SMILES string of the molecule is COc1ccc(C)cc1S(=O)(=O)NCC12CC3CC(CC(C3)C1)C2. The van der Waals surface area contributed by atoms with Crippen LogP contribution in [0.1, 0.15) is 44.1 Å². The summed E-state index contributed by atoms with van der Waals surface area (Å²) in [5.74, 6) is 2.90. The van der Waals surface area contributed by atoms with E-state index in [1.807, 2.05) is 13.0 Å². The fraction of sp³-hybridized carbons (Fsp3) is 0.684. The van der Waals surface area contributed by atoms with E-state index in [9.17, 15) is 8.42 Å². The molecular formula is C19H27NO3S. The van der Waals surface area contributed by atoms with Crippen LogP contribution in [0.3, 0.4) is 0 Å². The zero-order valence-corrected chi connectivity index (χ0v) is 15.4. The Morgan fingerprint density at radius 1 is 1.12 bits per heavy atom. The van der Waals surface area contributed by atoms with E-state index in [0.29, 0.717) is 12.3 Å². The van der Waals surface area contributed by atoms with Crippen molar-refractivity contribution in [2.24, 2.45) is 23.2 Å². The van der Waals surface area contributed by atoms with Crippen molar-refractivity contribution in [1.82, 2.24) is 4.72 Å². The van der Waals surface area contributed by atoms with Crippen LogP contribution in [-0.4, -0.2) is 22.1 Å². The molecule has 0 spiro atoms. The Balaban J connectivity index is 1.54. The van der Waals surface area contributed by atoms with Gasteiger partial charge in [-0.2, -0.15) is 0 Å². The van der Waals surface area contributed by atoms with Crippen LogP contribution < -0.4 is 9.46 Å². The predicted molar refractivity (Wildman–Crippen MR) is 93.5 cm³/mol. The summed E-state index contributed by atoms with van der Waals surface area (Å²) >= 11 is 0. The summed E-state index contributed by atoms with van der Waals surface area (Å²) in [6, 6.07) is 5.30. The maximum atomic E-state index is 12.9. The van der Waals surface area contributed by atoms with E-state index in [-0.39, 0.29) is 10.3 Å². The lowest BCUT2D eigenvalue weighted by atomic mass is 9.50. The van der Waals surface area contributed by atoms with Crippen LogP contribution in [0.25, 0.3) is 0 Å². The first-order valence-electron chi connectivity index (χ1n) is 9.03. The number of aryl methyl sites for hydroxylation is 1. The highest BCUT2D eigenvalue weighted by molar-refractivity contribution is 7.89. The quantitative estimate of drug-likeness (QED) is 0.885. The molecule has 5 rings (SSSR count). The normalized spacial score (nSPS) is 34.5. The fourth-order valence-electron chi connectivity index (χ4n) is 5.83. The molecule has 4 fully saturated rings. The summed E-state index contributed by atoms with van der Waals surface area (Å²) in [4.78, 5) is 0.259. The summed E-state index contributed by atoms with van der Waals surface area (Å²) in [6.07, 6.45) is 7.72. The van der Waals surface area contributed by atoms with E-state index in [2.05, 4.69) is 4.72 Å². The van der Waals surface area contributed by atoms with Crippen LogP contribution in [0.15, 0.2) is 23.1 Å². The standard InChI is InChI=1S/C19H27NO3S/c1-13-3-4-17(23-2)18(5-13)24(21,22)20-12-19-9-14-6-15(10-19)8-16(7-14)11-19/h3-5,14-16,20H,6-12H2,1-2H3. The largest absolute Gasteiger partial charge is 0.495 e. The second-order valence-electron chi connectivity index (χ2n) is 8.40. The number of nitrogens with one attached hydrogen (secondary N) is 1. The van der Waals surface area contributed by atoms with Crippen molar-refractivity contribution in [1.29, 1.82) is 0 Å². The Labute approximate surface area is 145 Å². The second-order valence-corrected chi connectivity index (χ2v) is 10.1. The summed E-state index contributed by atoms with van der Waals surface area (Å²) in [5.41, 5.74) is 1.12. The van der Waals surface area contributed by atoms with E-state index < -0.39 is 10.0 Å². The van der Waals surface area contributed by atoms with E-state index >= 15 is 0 Å². The van der Waals surface area contributed by atoms with Gasteiger partial charge in [0.15, 0.2) is 0 Å². The lowest BCUT2D eigenvalue weighted by Crippen LogP contribution is -2.51. The zero-order chi connectivity index (χ0) is 16.9. The van der Waals surface area contributed by atoms with Gasteiger partial charge in [-0.15, -0.1) is 0 Å². The van der Waals surface area contributed by atoms with Gasteiger partial charge in [0.25, 0.3) is 0 Å². The average Bonchev–Trinajstić information content (AvgIpc) is 2.52. The third-order valence-corrected chi connectivity index (χ3v) is 7.83. The van der Waals surface area contributed by atoms with Gasteiger partial charge >= 0.3 is 0 Å². The van der Waals surface area contributed by atoms with Crippen LogP contribution in [-0.2, 0) is 10.0 Å². The van der Waals surface area contributed by atoms with Crippen LogP contribution in [0.5, 0.6) is 5.75 Å². The topological polar surface area (TPSA) is 55.4 Å². The molecule has 0 amide bonds. The van der Waals surface area contributed by atoms with Crippen LogP contribution in [0, 0.1) is 30.1 Å². The van der Waals surface area contributed by atoms with Crippen LogP contribution in [0.2, 0.25) is 0 Å². The molecule has 1 N–H and O–H groups in total. The maximum Gasteiger partial charge on any atom is 0.244 e. The van der Waals surface area contributed by atoms with Crippen molar-refractivity contribution in [2.75, 3.05) is 13.7 Å². The van der Waals surface area contributed by atoms with Gasteiger partial charge in [-0.25, -0.2) is 13.1 Å². The molecule has 0 saturated heterocycles. The lowest BCUT2D eigenvalue weighted by Gasteiger charge is -2.56. The van der Waals surface area contributed by atoms with Crippen LogP contribution >= 0.6 is 0 Å². The minimum Gasteiger partial charge on any atom is -0.495 e. The average molecular weight is 349 g/mol. The fourth-order valence-corrected chi connectivity index (χ4v) is 7.24. The summed E-state index contributed by atoms with van der Waals surface area (Å²) in [5, 5.41) is 0. The van der Waals surface area contributed by atoms with Crippen molar-refractivity contribution in [2.45, 2.75) is 50.3 Å². The highest BCUT2D eigenvalue weighted by Crippen LogP contribution is 2.59. The molecule has 4 nitrogen and oxygen atoms in total. The van der Waals surface area contributed by atoms with Crippen molar-refractivity contribution >= 4 is 10.0 Å². The van der Waals surface area contributed by atoms with Crippen molar-refractivity contribution in [3.8, 4) is 5.75 Å². The van der Waals surface area contributed by atoms with Gasteiger partial charge in [0, 0.05) is 6.54 Å². The molecule has 0 heterocycles. The Bertz CT molecular complexity index is 706. The second kappa shape index (κ2) is 5.73. The van der Waals surface area contributed by atoms with Crippen molar-refractivity contribution < 1.29 is 13.2 Å². The van der Waals surface area contributed by atoms with Crippen molar-refractivity contribution in [3.63, 3.8) is 0 Å². The van der Waals surface area contributed by atoms with Gasteiger partial charge in [-0.1, -0.05) is 6.07 Å². The number of sulfonamides is 1. The molecule has 0 aliphatic heterocycles. The molecule has 4 bridgehead atoms. The highest BCUT2D eigenvalue weighted by atomic mass is 32.2. The monoisotopic (exact) mass is 349 g/mol. The molecular weight excluding hydrogens is 322 g/mol. The van der Waals surface area contributed by atoms with E-state index in [0.717, 1.165) is 23.3 Å². The predicted octanol–water partition coefficient (Wildman–Crippen LogP) is 3.50. The van der Waals surface area contributed by atoms with E-state index in [1.165, 1.54) is 45.6 Å². The summed E-state index contributed by atoms with van der Waals surface area (Å²) in [7, 11) is -2.03. The first-order valence-corrected chi connectivity index (χ1v) is 10.5. The third kappa shape index (κ3) is 2.86. The third-order valence-electron chi connectivity index (χ3n) is 6.41. The summed E-state index contributed by atoms with van der Waals surface area (Å²) < 4.78 is 33.9. The Hall–Kier alpha value is -1.07. The van der Waals surface area contributed by atoms with E-state index in [4.69, 9.17) is 4.74 Å². The molecule has 132 valence electrons. The Kier molecular flexibility index (Phi) is 3.92. The van der Waals surface area contributed by atoms with Gasteiger partial charge < -0.3 is 4.74 Å². The Morgan fingerprint density at radius 3 is 2.25 bits per heavy atom. The molecule has 4 aliphatic carbocycles. The van der Waals surface area contributed by atoms with Gasteiger partial charge in [0.1, 0.15) is 10.6 Å². The minimum atomic E-state index is -3.54. The molecule has 0 atom stereocenters. The highest BCUT2D eigenvalue weighted by Gasteiger charge is 2.51. The van der Waals surface area contributed by atoms with Crippen molar-refractivity contribution in [3.05, 3.63) is 23.8 Å². The molecule has 0 unspecified atom stereocenters. The number of benzene rings is 1. The number of methoxy groups -OCH3 is 1. The van der Waals surface area contributed by atoms with E-state index in [1.54, 1.807) is 12.1 Å². The van der Waals surface area contributed by atoms with Gasteiger partial charge in [0.05, 0.1) is 7.11 Å². The van der Waals surface area contributed by atoms with Gasteiger partial charge in [0.2, 0.25) is 10.0 Å². The smallest absolute Gasteiger partial charge is 0.244 e. The van der Waals surface area contributed by atoms with Crippen LogP contribution in [0.4, 0.5) is 0 Å². The molecule has 0 radical (unpaired) electrons. The molecule has 4 saturated carbocycles. The van der Waals surface area contributed by atoms with Gasteiger partial charge in [-0.3, -0.25) is 0 Å². The number of ether oxygens (including phenoxy) is 1. The Morgan fingerprint density at radius 2 is 1.71 bits per heavy atom. The minimum absolute atomic E-state index is 0.193. The first-order chi connectivity index (χ1) is 11.4. The first kappa shape index (κ1) is 16.4. The molecule has 1 aromatic carbocycles. The molecule has 1 aromatic rings. The molecule has 24 heavy (non-hydrogen) atoms.